The van der Waals surface area contributed by atoms with E-state index in [2.05, 4.69) is 5.32 Å². The fraction of sp³-hybridized carbons (Fsp3) is 0.333. The first kappa shape index (κ1) is 18.3. The third kappa shape index (κ3) is 3.56. The predicted molar refractivity (Wildman–Crippen MR) is 99.8 cm³/mol. The van der Waals surface area contributed by atoms with Crippen LogP contribution in [0.15, 0.2) is 53.4 Å². The van der Waals surface area contributed by atoms with Crippen molar-refractivity contribution in [1.29, 1.82) is 0 Å². The lowest BCUT2D eigenvalue weighted by Crippen LogP contribution is -2.46. The number of nitrogens with zero attached hydrogens (tertiary/aromatic N) is 2. The summed E-state index contributed by atoms with van der Waals surface area (Å²) in [6, 6.07) is 12.5. The van der Waals surface area contributed by atoms with E-state index in [1.165, 1.54) is 28.6 Å². The van der Waals surface area contributed by atoms with Crippen LogP contribution in [0.1, 0.15) is 18.4 Å². The van der Waals surface area contributed by atoms with Gasteiger partial charge < -0.3 is 5.32 Å². The second-order valence-electron chi connectivity index (χ2n) is 6.35. The number of hydrogen-bond acceptors (Lipinski definition) is 5. The van der Waals surface area contributed by atoms with Crippen LogP contribution < -0.4 is 9.62 Å². The zero-order chi connectivity index (χ0) is 18.7. The summed E-state index contributed by atoms with van der Waals surface area (Å²) in [5.41, 5.74) is 1.06. The number of nitrogens with one attached hydrogen (secondary N) is 1. The van der Waals surface area contributed by atoms with Gasteiger partial charge in [-0.3, -0.25) is 14.4 Å². The van der Waals surface area contributed by atoms with Gasteiger partial charge >= 0.3 is 0 Å². The Balaban J connectivity index is 2.16. The first-order valence-corrected chi connectivity index (χ1v) is 9.90. The molecule has 1 aliphatic heterocycles. The number of aryl methyl sites for hydroxylation is 1. The van der Waals surface area contributed by atoms with Gasteiger partial charge in [-0.25, -0.2) is 8.42 Å². The molecule has 0 saturated carbocycles. The number of sulfonamides is 1. The number of piperidine rings is 1. The van der Waals surface area contributed by atoms with Gasteiger partial charge in [-0.15, -0.1) is 0 Å². The highest BCUT2D eigenvalue weighted by Crippen LogP contribution is 2.33. The third-order valence-corrected chi connectivity index (χ3v) is 6.42. The lowest BCUT2D eigenvalue weighted by atomic mass is 10.1. The molecule has 2 aromatic rings. The molecule has 2 aromatic carbocycles. The molecule has 3 rings (SSSR count). The van der Waals surface area contributed by atoms with Crippen molar-refractivity contribution >= 4 is 21.4 Å². The number of para-hydroxylation sites is 1. The van der Waals surface area contributed by atoms with E-state index in [1.54, 1.807) is 18.2 Å². The van der Waals surface area contributed by atoms with Crippen molar-refractivity contribution in [2.45, 2.75) is 30.7 Å². The van der Waals surface area contributed by atoms with Crippen LogP contribution >= 0.6 is 0 Å². The summed E-state index contributed by atoms with van der Waals surface area (Å²) in [5, 5.41) is 14.6. The van der Waals surface area contributed by atoms with Crippen molar-refractivity contribution in [2.75, 3.05) is 17.4 Å². The predicted octanol–water partition coefficient (Wildman–Crippen LogP) is 2.85. The minimum Gasteiger partial charge on any atom is -0.317 e. The number of anilines is 1. The van der Waals surface area contributed by atoms with E-state index in [9.17, 15) is 18.5 Å². The average molecular weight is 375 g/mol. The molecule has 0 bridgehead atoms. The maximum atomic E-state index is 13.5. The molecule has 8 heteroatoms. The molecule has 0 radical (unpaired) electrons. The summed E-state index contributed by atoms with van der Waals surface area (Å²) >= 11 is 0. The molecule has 1 heterocycles. The van der Waals surface area contributed by atoms with Crippen LogP contribution in [0.4, 0.5) is 11.4 Å². The Morgan fingerprint density at radius 1 is 1.12 bits per heavy atom. The lowest BCUT2D eigenvalue weighted by Gasteiger charge is -2.35. The molecule has 0 aromatic heterocycles. The van der Waals surface area contributed by atoms with Crippen LogP contribution in [0, 0.1) is 17.0 Å². The monoisotopic (exact) mass is 375 g/mol. The molecular formula is C18H21N3O4S. The fourth-order valence-corrected chi connectivity index (χ4v) is 5.15. The molecule has 7 nitrogen and oxygen atoms in total. The first-order chi connectivity index (χ1) is 12.4. The van der Waals surface area contributed by atoms with E-state index >= 15 is 0 Å². The summed E-state index contributed by atoms with van der Waals surface area (Å²) < 4.78 is 28.3. The smallest absolute Gasteiger partial charge is 0.289 e. The average Bonchev–Trinajstić information content (AvgIpc) is 2.62. The molecule has 0 aliphatic carbocycles. The molecule has 1 aliphatic rings. The molecule has 0 unspecified atom stereocenters. The van der Waals surface area contributed by atoms with Crippen LogP contribution in [0.3, 0.4) is 0 Å². The fourth-order valence-electron chi connectivity index (χ4n) is 3.28. The van der Waals surface area contributed by atoms with Gasteiger partial charge in [0.2, 0.25) is 0 Å². The molecule has 1 saturated heterocycles. The van der Waals surface area contributed by atoms with Crippen LogP contribution in [0.25, 0.3) is 0 Å². The number of nitro benzene ring substituents is 1. The van der Waals surface area contributed by atoms with Crippen molar-refractivity contribution in [1.82, 2.24) is 5.32 Å². The Bertz CT molecular complexity index is 908. The van der Waals surface area contributed by atoms with Crippen LogP contribution in [-0.2, 0) is 10.0 Å². The molecule has 138 valence electrons. The zero-order valence-electron chi connectivity index (χ0n) is 14.5. The molecular weight excluding hydrogens is 354 g/mol. The maximum Gasteiger partial charge on any atom is 0.289 e. The summed E-state index contributed by atoms with van der Waals surface area (Å²) in [6.45, 7) is 3.31. The highest BCUT2D eigenvalue weighted by atomic mass is 32.2. The quantitative estimate of drug-likeness (QED) is 0.641. The summed E-state index contributed by atoms with van der Waals surface area (Å²) in [7, 11) is -4.08. The minimum atomic E-state index is -4.08. The second kappa shape index (κ2) is 7.43. The SMILES string of the molecule is Cc1cccc(N(C2CCNCC2)S(=O)(=O)c2ccccc2[N+](=O)[O-])c1. The van der Waals surface area contributed by atoms with Gasteiger partial charge in [-0.05, 0) is 56.6 Å². The van der Waals surface area contributed by atoms with Gasteiger partial charge in [-0.2, -0.15) is 0 Å². The molecule has 0 spiro atoms. The van der Waals surface area contributed by atoms with Gasteiger partial charge in [-0.1, -0.05) is 24.3 Å². The van der Waals surface area contributed by atoms with Crippen LogP contribution in [0.5, 0.6) is 0 Å². The minimum absolute atomic E-state index is 0.247. The number of hydrogen-bond donors (Lipinski definition) is 1. The van der Waals surface area contributed by atoms with E-state index in [0.717, 1.165) is 5.56 Å². The maximum absolute atomic E-state index is 13.5. The molecule has 0 amide bonds. The number of rotatable bonds is 5. The first-order valence-electron chi connectivity index (χ1n) is 8.46. The number of benzene rings is 2. The second-order valence-corrected chi connectivity index (χ2v) is 8.13. The highest BCUT2D eigenvalue weighted by molar-refractivity contribution is 7.93. The number of nitro groups is 1. The Labute approximate surface area is 152 Å². The van der Waals surface area contributed by atoms with Gasteiger partial charge in [0.15, 0.2) is 4.90 Å². The van der Waals surface area contributed by atoms with Gasteiger partial charge in [0, 0.05) is 12.1 Å². The normalized spacial score (nSPS) is 15.6. The summed E-state index contributed by atoms with van der Waals surface area (Å²) in [4.78, 5) is 10.4. The standard InChI is InChI=1S/C18H21N3O4S/c1-14-5-4-6-16(13-14)20(15-9-11-19-12-10-15)26(24,25)18-8-3-2-7-17(18)21(22)23/h2-8,13,15,19H,9-12H2,1H3. The van der Waals surface area contributed by atoms with Crippen molar-refractivity contribution in [3.63, 3.8) is 0 Å². The van der Waals surface area contributed by atoms with E-state index in [-0.39, 0.29) is 10.9 Å². The molecule has 26 heavy (non-hydrogen) atoms. The van der Waals surface area contributed by atoms with E-state index < -0.39 is 20.6 Å². The van der Waals surface area contributed by atoms with Crippen molar-refractivity contribution in [3.8, 4) is 0 Å². The van der Waals surface area contributed by atoms with Crippen molar-refractivity contribution in [3.05, 3.63) is 64.2 Å². The zero-order valence-corrected chi connectivity index (χ0v) is 15.3. The van der Waals surface area contributed by atoms with Crippen LogP contribution in [0.2, 0.25) is 0 Å². The Kier molecular flexibility index (Phi) is 5.24. The molecule has 1 N–H and O–H groups in total. The van der Waals surface area contributed by atoms with Gasteiger partial charge in [0.1, 0.15) is 0 Å². The largest absolute Gasteiger partial charge is 0.317 e. The van der Waals surface area contributed by atoms with E-state index in [0.29, 0.717) is 31.6 Å². The third-order valence-electron chi connectivity index (χ3n) is 4.50. The summed E-state index contributed by atoms with van der Waals surface area (Å²) in [5.74, 6) is 0. The Hall–Kier alpha value is -2.45. The van der Waals surface area contributed by atoms with Gasteiger partial charge in [0.05, 0.1) is 10.6 Å². The van der Waals surface area contributed by atoms with E-state index in [1.807, 2.05) is 13.0 Å². The molecule has 0 atom stereocenters. The van der Waals surface area contributed by atoms with E-state index in [4.69, 9.17) is 0 Å². The Morgan fingerprint density at radius 2 is 1.81 bits per heavy atom. The van der Waals surface area contributed by atoms with Crippen LogP contribution in [-0.4, -0.2) is 32.5 Å². The lowest BCUT2D eigenvalue weighted by molar-refractivity contribution is -0.387. The molecule has 1 fully saturated rings. The summed E-state index contributed by atoms with van der Waals surface area (Å²) in [6.07, 6.45) is 1.29. The van der Waals surface area contributed by atoms with Crippen molar-refractivity contribution < 1.29 is 13.3 Å². The topological polar surface area (TPSA) is 92.6 Å². The van der Waals surface area contributed by atoms with Gasteiger partial charge in [0.25, 0.3) is 15.7 Å². The highest BCUT2D eigenvalue weighted by Gasteiger charge is 2.36. The Morgan fingerprint density at radius 3 is 2.46 bits per heavy atom. The van der Waals surface area contributed by atoms with Crippen molar-refractivity contribution in [2.24, 2.45) is 0 Å².